The summed E-state index contributed by atoms with van der Waals surface area (Å²) < 4.78 is 14.8. The molecule has 0 saturated carbocycles. The molecule has 0 fully saturated rings. The molecule has 4 nitrogen and oxygen atoms in total. The van der Waals surface area contributed by atoms with Crippen molar-refractivity contribution in [3.63, 3.8) is 0 Å². The molecular weight excluding hydrogens is 259 g/mol. The maximum Gasteiger partial charge on any atom is 0.253 e. The Hall–Kier alpha value is -2.17. The number of halogens is 1. The van der Waals surface area contributed by atoms with E-state index in [2.05, 4.69) is 5.32 Å². The molecule has 106 valence electrons. The van der Waals surface area contributed by atoms with Crippen LogP contribution < -0.4 is 5.32 Å². The Labute approximate surface area is 116 Å². The van der Waals surface area contributed by atoms with E-state index in [9.17, 15) is 14.0 Å². The molecule has 1 amide bonds. The normalized spacial score (nSPS) is 12.4. The highest BCUT2D eigenvalue weighted by Crippen LogP contribution is 2.22. The SMILES string of the molecule is CCC(C)NC(=O)c1cn(C(C)=O)c2ccc(F)cc12. The molecule has 1 N–H and O–H groups in total. The van der Waals surface area contributed by atoms with Gasteiger partial charge in [0.15, 0.2) is 0 Å². The lowest BCUT2D eigenvalue weighted by molar-refractivity contribution is 0.0940. The lowest BCUT2D eigenvalue weighted by atomic mass is 10.1. The van der Waals surface area contributed by atoms with Crippen LogP contribution in [0.3, 0.4) is 0 Å². The van der Waals surface area contributed by atoms with Crippen molar-refractivity contribution in [2.45, 2.75) is 33.2 Å². The number of aromatic nitrogens is 1. The molecule has 1 aromatic carbocycles. The number of nitrogens with one attached hydrogen (secondary N) is 1. The highest BCUT2D eigenvalue weighted by atomic mass is 19.1. The minimum atomic E-state index is -0.434. The molecule has 0 spiro atoms. The first kappa shape index (κ1) is 14.2. The van der Waals surface area contributed by atoms with Crippen molar-refractivity contribution in [3.05, 3.63) is 35.8 Å². The molecule has 1 heterocycles. The van der Waals surface area contributed by atoms with E-state index >= 15 is 0 Å². The van der Waals surface area contributed by atoms with Gasteiger partial charge in [0.2, 0.25) is 5.91 Å². The van der Waals surface area contributed by atoms with Gasteiger partial charge in [0.05, 0.1) is 11.1 Å². The summed E-state index contributed by atoms with van der Waals surface area (Å²) in [7, 11) is 0. The molecule has 1 atom stereocenters. The Balaban J connectivity index is 2.55. The predicted octanol–water partition coefficient (Wildman–Crippen LogP) is 2.97. The molecule has 2 aromatic rings. The van der Waals surface area contributed by atoms with E-state index in [1.807, 2.05) is 13.8 Å². The van der Waals surface area contributed by atoms with Gasteiger partial charge in [0, 0.05) is 24.5 Å². The first-order valence-electron chi connectivity index (χ1n) is 6.56. The summed E-state index contributed by atoms with van der Waals surface area (Å²) in [5.74, 6) is -0.949. The van der Waals surface area contributed by atoms with Crippen LogP contribution in [0.4, 0.5) is 4.39 Å². The molecule has 0 radical (unpaired) electrons. The summed E-state index contributed by atoms with van der Waals surface area (Å²) in [5.41, 5.74) is 0.850. The second-order valence-electron chi connectivity index (χ2n) is 4.88. The number of nitrogens with zero attached hydrogens (tertiary/aromatic N) is 1. The summed E-state index contributed by atoms with van der Waals surface area (Å²) in [6.07, 6.45) is 2.26. The Bertz CT molecular complexity index is 676. The minimum Gasteiger partial charge on any atom is -0.350 e. The highest BCUT2D eigenvalue weighted by molar-refractivity contribution is 6.09. The zero-order chi connectivity index (χ0) is 14.9. The number of carbonyl (C=O) groups is 2. The fourth-order valence-electron chi connectivity index (χ4n) is 2.05. The number of amides is 1. The average molecular weight is 276 g/mol. The fourth-order valence-corrected chi connectivity index (χ4v) is 2.05. The van der Waals surface area contributed by atoms with Gasteiger partial charge in [-0.05, 0) is 31.5 Å². The Morgan fingerprint density at radius 1 is 1.40 bits per heavy atom. The summed E-state index contributed by atoms with van der Waals surface area (Å²) >= 11 is 0. The molecular formula is C15H17FN2O2. The maximum atomic E-state index is 13.4. The van der Waals surface area contributed by atoms with E-state index in [4.69, 9.17) is 0 Å². The van der Waals surface area contributed by atoms with Crippen LogP contribution in [0, 0.1) is 5.82 Å². The average Bonchev–Trinajstić information content (AvgIpc) is 2.77. The molecule has 5 heteroatoms. The standard InChI is InChI=1S/C15H17FN2O2/c1-4-9(2)17-15(20)13-8-18(10(3)19)14-6-5-11(16)7-12(13)14/h5-9H,4H2,1-3H3,(H,17,20). The topological polar surface area (TPSA) is 51.1 Å². The molecule has 0 aliphatic carbocycles. The molecule has 0 aliphatic heterocycles. The Morgan fingerprint density at radius 3 is 2.70 bits per heavy atom. The van der Waals surface area contributed by atoms with Crippen molar-refractivity contribution < 1.29 is 14.0 Å². The van der Waals surface area contributed by atoms with Crippen LogP contribution in [0.5, 0.6) is 0 Å². The third-order valence-electron chi connectivity index (χ3n) is 3.34. The van der Waals surface area contributed by atoms with E-state index in [0.29, 0.717) is 16.5 Å². The van der Waals surface area contributed by atoms with Crippen molar-refractivity contribution in [2.24, 2.45) is 0 Å². The molecule has 20 heavy (non-hydrogen) atoms. The molecule has 1 aromatic heterocycles. The summed E-state index contributed by atoms with van der Waals surface area (Å²) in [4.78, 5) is 23.8. The summed E-state index contributed by atoms with van der Waals surface area (Å²) in [5, 5.41) is 3.27. The van der Waals surface area contributed by atoms with Gasteiger partial charge in [-0.15, -0.1) is 0 Å². The lowest BCUT2D eigenvalue weighted by Crippen LogP contribution is -2.31. The fraction of sp³-hybridized carbons (Fsp3) is 0.333. The quantitative estimate of drug-likeness (QED) is 0.937. The number of rotatable bonds is 3. The number of hydrogen-bond acceptors (Lipinski definition) is 2. The largest absolute Gasteiger partial charge is 0.350 e. The third kappa shape index (κ3) is 2.57. The van der Waals surface area contributed by atoms with E-state index in [-0.39, 0.29) is 17.9 Å². The molecule has 0 bridgehead atoms. The van der Waals surface area contributed by atoms with Gasteiger partial charge in [-0.2, -0.15) is 0 Å². The van der Waals surface area contributed by atoms with Gasteiger partial charge in [-0.25, -0.2) is 4.39 Å². The number of benzene rings is 1. The Kier molecular flexibility index (Phi) is 3.88. The van der Waals surface area contributed by atoms with Crippen molar-refractivity contribution in [2.75, 3.05) is 0 Å². The summed E-state index contributed by atoms with van der Waals surface area (Å²) in [6.45, 7) is 5.26. The van der Waals surface area contributed by atoms with Gasteiger partial charge in [0.25, 0.3) is 5.91 Å². The van der Waals surface area contributed by atoms with Crippen LogP contribution in [-0.2, 0) is 0 Å². The van der Waals surface area contributed by atoms with Crippen LogP contribution in [-0.4, -0.2) is 22.4 Å². The highest BCUT2D eigenvalue weighted by Gasteiger charge is 2.18. The lowest BCUT2D eigenvalue weighted by Gasteiger charge is -2.10. The van der Waals surface area contributed by atoms with Crippen LogP contribution in [0.1, 0.15) is 42.3 Å². The summed E-state index contributed by atoms with van der Waals surface area (Å²) in [6, 6.07) is 4.08. The van der Waals surface area contributed by atoms with Gasteiger partial charge >= 0.3 is 0 Å². The van der Waals surface area contributed by atoms with E-state index in [0.717, 1.165) is 6.42 Å². The minimum absolute atomic E-state index is 0.0202. The molecule has 0 aliphatic rings. The predicted molar refractivity (Wildman–Crippen MR) is 75.4 cm³/mol. The van der Waals surface area contributed by atoms with Gasteiger partial charge in [0.1, 0.15) is 5.82 Å². The first-order chi connectivity index (χ1) is 9.43. The van der Waals surface area contributed by atoms with Crippen molar-refractivity contribution in [3.8, 4) is 0 Å². The van der Waals surface area contributed by atoms with Crippen LogP contribution in [0.15, 0.2) is 24.4 Å². The third-order valence-corrected chi connectivity index (χ3v) is 3.34. The molecule has 1 unspecified atom stereocenters. The number of carbonyl (C=O) groups excluding carboxylic acids is 2. The second-order valence-corrected chi connectivity index (χ2v) is 4.88. The van der Waals surface area contributed by atoms with Gasteiger partial charge in [-0.1, -0.05) is 6.92 Å². The van der Waals surface area contributed by atoms with Crippen LogP contribution in [0.25, 0.3) is 10.9 Å². The van der Waals surface area contributed by atoms with E-state index in [1.54, 1.807) is 0 Å². The van der Waals surface area contributed by atoms with Crippen LogP contribution >= 0.6 is 0 Å². The van der Waals surface area contributed by atoms with Crippen molar-refractivity contribution >= 4 is 22.7 Å². The van der Waals surface area contributed by atoms with Gasteiger partial charge in [-0.3, -0.25) is 14.2 Å². The van der Waals surface area contributed by atoms with Crippen molar-refractivity contribution in [1.82, 2.24) is 9.88 Å². The van der Waals surface area contributed by atoms with E-state index < -0.39 is 5.82 Å². The molecule has 0 saturated heterocycles. The van der Waals surface area contributed by atoms with Crippen LogP contribution in [0.2, 0.25) is 0 Å². The maximum absolute atomic E-state index is 13.4. The Morgan fingerprint density at radius 2 is 2.10 bits per heavy atom. The van der Waals surface area contributed by atoms with E-state index in [1.165, 1.54) is 35.9 Å². The smallest absolute Gasteiger partial charge is 0.253 e. The molecule has 2 rings (SSSR count). The number of fused-ring (bicyclic) bond motifs is 1. The zero-order valence-corrected chi connectivity index (χ0v) is 11.7. The zero-order valence-electron chi connectivity index (χ0n) is 11.7. The monoisotopic (exact) mass is 276 g/mol. The van der Waals surface area contributed by atoms with Crippen molar-refractivity contribution in [1.29, 1.82) is 0 Å². The van der Waals surface area contributed by atoms with Gasteiger partial charge < -0.3 is 5.32 Å². The second kappa shape index (κ2) is 5.45. The number of hydrogen-bond donors (Lipinski definition) is 1. The first-order valence-corrected chi connectivity index (χ1v) is 6.56.